The number of nitriles is 1. The summed E-state index contributed by atoms with van der Waals surface area (Å²) in [7, 11) is 0. The highest BCUT2D eigenvalue weighted by Gasteiger charge is 2.33. The number of hydrogen-bond donors (Lipinski definition) is 1. The first-order valence-corrected chi connectivity index (χ1v) is 4.49. The van der Waals surface area contributed by atoms with Crippen molar-refractivity contribution in [2.24, 2.45) is 0 Å². The minimum absolute atomic E-state index is 0.439. The van der Waals surface area contributed by atoms with Crippen LogP contribution in [0.5, 0.6) is 5.75 Å². The molecule has 0 fully saturated rings. The summed E-state index contributed by atoms with van der Waals surface area (Å²) in [5.74, 6) is -1.85. The van der Waals surface area contributed by atoms with Crippen molar-refractivity contribution in [3.05, 3.63) is 21.9 Å². The Morgan fingerprint density at radius 2 is 2.00 bits per heavy atom. The molecular weight excluding hydrogens is 296 g/mol. The summed E-state index contributed by atoms with van der Waals surface area (Å²) in [6, 6.07) is 1.97. The molecule has 0 aliphatic carbocycles. The molecule has 1 rings (SSSR count). The lowest BCUT2D eigenvalue weighted by atomic mass is 10.2. The van der Waals surface area contributed by atoms with Crippen molar-refractivity contribution in [1.82, 2.24) is 0 Å². The zero-order chi connectivity index (χ0) is 12.5. The zero-order valence-corrected chi connectivity index (χ0v) is 8.99. The van der Waals surface area contributed by atoms with Gasteiger partial charge in [0.05, 0.1) is 15.7 Å². The number of anilines is 1. The third kappa shape index (κ3) is 2.55. The fourth-order valence-electron chi connectivity index (χ4n) is 0.907. The predicted molar refractivity (Wildman–Crippen MR) is 49.9 cm³/mol. The van der Waals surface area contributed by atoms with Crippen LogP contribution in [0.2, 0.25) is 0 Å². The second-order valence-corrected chi connectivity index (χ2v) is 3.42. The van der Waals surface area contributed by atoms with Gasteiger partial charge in [0.1, 0.15) is 6.07 Å². The second-order valence-electron chi connectivity index (χ2n) is 2.62. The maximum Gasteiger partial charge on any atom is 0.573 e. The minimum Gasteiger partial charge on any atom is -0.403 e. The summed E-state index contributed by atoms with van der Waals surface area (Å²) in [6.07, 6.45) is -4.96. The van der Waals surface area contributed by atoms with E-state index in [1.165, 1.54) is 6.07 Å². The lowest BCUT2D eigenvalue weighted by Crippen LogP contribution is -2.18. The molecule has 0 aromatic heterocycles. The fraction of sp³-hybridized carbons (Fsp3) is 0.125. The van der Waals surface area contributed by atoms with E-state index in [0.717, 1.165) is 0 Å². The third-order valence-corrected chi connectivity index (χ3v) is 2.33. The molecule has 86 valence electrons. The highest BCUT2D eigenvalue weighted by molar-refractivity contribution is 9.10. The number of nitrogen functional groups attached to an aromatic ring is 1. The molecule has 1 aromatic carbocycles. The van der Waals surface area contributed by atoms with Gasteiger partial charge in [0.15, 0.2) is 11.6 Å². The Balaban J connectivity index is 3.32. The number of rotatable bonds is 1. The van der Waals surface area contributed by atoms with Gasteiger partial charge in [-0.25, -0.2) is 4.39 Å². The van der Waals surface area contributed by atoms with E-state index >= 15 is 0 Å². The number of nitrogens with zero attached hydrogens (tertiary/aromatic N) is 1. The Hall–Kier alpha value is -1.49. The van der Waals surface area contributed by atoms with Crippen LogP contribution in [0.4, 0.5) is 23.2 Å². The minimum atomic E-state index is -4.96. The second kappa shape index (κ2) is 4.17. The van der Waals surface area contributed by atoms with Gasteiger partial charge in [-0.15, -0.1) is 13.2 Å². The van der Waals surface area contributed by atoms with Gasteiger partial charge in [0.2, 0.25) is 0 Å². The summed E-state index contributed by atoms with van der Waals surface area (Å²) in [5, 5.41) is 8.47. The third-order valence-electron chi connectivity index (χ3n) is 1.55. The molecule has 0 saturated carbocycles. The lowest BCUT2D eigenvalue weighted by molar-refractivity contribution is -0.274. The van der Waals surface area contributed by atoms with E-state index in [9.17, 15) is 17.6 Å². The van der Waals surface area contributed by atoms with Gasteiger partial charge in [0, 0.05) is 6.07 Å². The number of halogens is 5. The van der Waals surface area contributed by atoms with Gasteiger partial charge < -0.3 is 10.5 Å². The Morgan fingerprint density at radius 3 is 2.44 bits per heavy atom. The molecule has 0 heterocycles. The van der Waals surface area contributed by atoms with E-state index in [1.807, 2.05) is 0 Å². The van der Waals surface area contributed by atoms with Crippen LogP contribution in [-0.4, -0.2) is 6.36 Å². The normalized spacial score (nSPS) is 11.0. The molecular formula is C8H3BrF4N2O. The number of hydrogen-bond acceptors (Lipinski definition) is 3. The van der Waals surface area contributed by atoms with Crippen molar-refractivity contribution in [2.75, 3.05) is 5.73 Å². The Morgan fingerprint density at radius 1 is 1.44 bits per heavy atom. The molecule has 8 heteroatoms. The fourth-order valence-corrected chi connectivity index (χ4v) is 1.32. The molecule has 0 atom stereocenters. The van der Waals surface area contributed by atoms with E-state index in [4.69, 9.17) is 11.0 Å². The summed E-state index contributed by atoms with van der Waals surface area (Å²) < 4.78 is 52.0. The SMILES string of the molecule is N#Cc1cc(OC(F)(F)F)c(N)c(Br)c1F. The van der Waals surface area contributed by atoms with Gasteiger partial charge in [0.25, 0.3) is 0 Å². The average molecular weight is 299 g/mol. The molecule has 0 amide bonds. The van der Waals surface area contributed by atoms with Crippen molar-refractivity contribution >= 4 is 21.6 Å². The van der Waals surface area contributed by atoms with E-state index in [-0.39, 0.29) is 0 Å². The van der Waals surface area contributed by atoms with Gasteiger partial charge in [-0.05, 0) is 15.9 Å². The predicted octanol–water partition coefficient (Wildman–Crippen LogP) is 2.94. The highest BCUT2D eigenvalue weighted by Crippen LogP contribution is 2.36. The molecule has 0 spiro atoms. The maximum absolute atomic E-state index is 13.2. The van der Waals surface area contributed by atoms with E-state index in [0.29, 0.717) is 6.07 Å². The van der Waals surface area contributed by atoms with Crippen LogP contribution < -0.4 is 10.5 Å². The van der Waals surface area contributed by atoms with E-state index < -0.39 is 33.7 Å². The van der Waals surface area contributed by atoms with Crippen LogP contribution in [0.15, 0.2) is 10.5 Å². The van der Waals surface area contributed by atoms with Gasteiger partial charge >= 0.3 is 6.36 Å². The topological polar surface area (TPSA) is 59.0 Å². The first kappa shape index (κ1) is 12.6. The van der Waals surface area contributed by atoms with Gasteiger partial charge in [-0.2, -0.15) is 5.26 Å². The van der Waals surface area contributed by atoms with E-state index in [1.54, 1.807) is 0 Å². The summed E-state index contributed by atoms with van der Waals surface area (Å²) >= 11 is 2.63. The Kier molecular flexibility index (Phi) is 3.28. The van der Waals surface area contributed by atoms with Crippen molar-refractivity contribution in [3.63, 3.8) is 0 Å². The van der Waals surface area contributed by atoms with Crippen LogP contribution in [-0.2, 0) is 0 Å². The lowest BCUT2D eigenvalue weighted by Gasteiger charge is -2.12. The molecule has 0 bridgehead atoms. The molecule has 0 aliphatic rings. The number of alkyl halides is 3. The molecule has 0 saturated heterocycles. The van der Waals surface area contributed by atoms with E-state index in [2.05, 4.69) is 20.7 Å². The molecule has 0 aliphatic heterocycles. The Bertz CT molecular complexity index is 467. The first-order valence-electron chi connectivity index (χ1n) is 3.69. The molecule has 0 radical (unpaired) electrons. The maximum atomic E-state index is 13.2. The zero-order valence-electron chi connectivity index (χ0n) is 7.40. The first-order chi connectivity index (χ1) is 7.26. The monoisotopic (exact) mass is 298 g/mol. The number of ether oxygens (including phenoxy) is 1. The summed E-state index contributed by atoms with van der Waals surface area (Å²) in [4.78, 5) is 0. The standard InChI is InChI=1S/C8H3BrF4N2O/c9-5-6(10)3(2-14)1-4(7(5)15)16-8(11,12)13/h1H,15H2. The van der Waals surface area contributed by atoms with Gasteiger partial charge in [-0.3, -0.25) is 0 Å². The number of nitrogens with two attached hydrogens (primary N) is 1. The number of benzene rings is 1. The molecule has 16 heavy (non-hydrogen) atoms. The quantitative estimate of drug-likeness (QED) is 0.640. The largest absolute Gasteiger partial charge is 0.573 e. The van der Waals surface area contributed by atoms with Crippen LogP contribution in [0.25, 0.3) is 0 Å². The van der Waals surface area contributed by atoms with Crippen LogP contribution >= 0.6 is 15.9 Å². The molecule has 0 unspecified atom stereocenters. The summed E-state index contributed by atoms with van der Waals surface area (Å²) in [6.45, 7) is 0. The van der Waals surface area contributed by atoms with Crippen molar-refractivity contribution < 1.29 is 22.3 Å². The average Bonchev–Trinajstić information content (AvgIpc) is 2.17. The molecule has 3 nitrogen and oxygen atoms in total. The van der Waals surface area contributed by atoms with Crippen molar-refractivity contribution in [3.8, 4) is 11.8 Å². The van der Waals surface area contributed by atoms with Crippen LogP contribution in [0, 0.1) is 17.1 Å². The van der Waals surface area contributed by atoms with Crippen molar-refractivity contribution in [1.29, 1.82) is 5.26 Å². The van der Waals surface area contributed by atoms with Crippen LogP contribution in [0.3, 0.4) is 0 Å². The molecule has 2 N–H and O–H groups in total. The summed E-state index contributed by atoms with van der Waals surface area (Å²) in [5.41, 5.74) is 4.03. The van der Waals surface area contributed by atoms with Gasteiger partial charge in [-0.1, -0.05) is 0 Å². The highest BCUT2D eigenvalue weighted by atomic mass is 79.9. The molecule has 1 aromatic rings. The van der Waals surface area contributed by atoms with Crippen LogP contribution in [0.1, 0.15) is 5.56 Å². The Labute approximate surface area is 95.5 Å². The smallest absolute Gasteiger partial charge is 0.403 e. The van der Waals surface area contributed by atoms with Crippen molar-refractivity contribution in [2.45, 2.75) is 6.36 Å².